The highest BCUT2D eigenvalue weighted by Crippen LogP contribution is 2.35. The molecule has 2 aromatic rings. The third-order valence-corrected chi connectivity index (χ3v) is 3.43. The lowest BCUT2D eigenvalue weighted by Crippen LogP contribution is -2.23. The monoisotopic (exact) mass is 348 g/mol. The predicted molar refractivity (Wildman–Crippen MR) is 92.1 cm³/mol. The van der Waals surface area contributed by atoms with Crippen LogP contribution in [0.15, 0.2) is 49.0 Å². The highest BCUT2D eigenvalue weighted by atomic mass is 19.4. The van der Waals surface area contributed by atoms with E-state index in [1.54, 1.807) is 39.0 Å². The van der Waals surface area contributed by atoms with Gasteiger partial charge in [-0.05, 0) is 55.7 Å². The Kier molecular flexibility index (Phi) is 5.07. The van der Waals surface area contributed by atoms with E-state index in [9.17, 15) is 18.0 Å². The third-order valence-electron chi connectivity index (χ3n) is 3.43. The highest BCUT2D eigenvalue weighted by molar-refractivity contribution is 5.90. The van der Waals surface area contributed by atoms with Crippen LogP contribution in [0, 0.1) is 0 Å². The molecular weight excluding hydrogens is 329 g/mol. The van der Waals surface area contributed by atoms with Crippen molar-refractivity contribution in [3.05, 3.63) is 65.7 Å². The van der Waals surface area contributed by atoms with E-state index in [-0.39, 0.29) is 5.56 Å². The summed E-state index contributed by atoms with van der Waals surface area (Å²) in [6.45, 7) is 8.71. The fourth-order valence-electron chi connectivity index (χ4n) is 2.30. The molecular formula is C20H19F3O2. The van der Waals surface area contributed by atoms with Gasteiger partial charge in [-0.2, -0.15) is 13.2 Å². The average molecular weight is 348 g/mol. The summed E-state index contributed by atoms with van der Waals surface area (Å²) in [7, 11) is 0. The number of alkyl halides is 3. The minimum absolute atomic E-state index is 0.0293. The molecule has 0 aliphatic heterocycles. The first-order valence-corrected chi connectivity index (χ1v) is 7.69. The number of hydrogen-bond donors (Lipinski definition) is 0. The first kappa shape index (κ1) is 18.8. The van der Waals surface area contributed by atoms with Crippen molar-refractivity contribution in [3.8, 4) is 11.1 Å². The van der Waals surface area contributed by atoms with Gasteiger partial charge in [0.05, 0.1) is 11.1 Å². The largest absolute Gasteiger partial charge is 0.456 e. The minimum atomic E-state index is -4.46. The standard InChI is InChI=1S/C20H19F3O2/c1-5-13-6-11-16(12-17(13)20(21,22)23)14-7-9-15(10-8-14)18(24)25-19(2,3)4/h5-12H,1H2,2-4H3. The second kappa shape index (κ2) is 6.75. The average Bonchev–Trinajstić information content (AvgIpc) is 2.52. The molecule has 0 heterocycles. The Morgan fingerprint density at radius 2 is 1.56 bits per heavy atom. The van der Waals surface area contributed by atoms with Gasteiger partial charge in [0.1, 0.15) is 5.60 Å². The zero-order chi connectivity index (χ0) is 18.8. The Balaban J connectivity index is 2.34. The quantitative estimate of drug-likeness (QED) is 0.639. The van der Waals surface area contributed by atoms with E-state index < -0.39 is 23.3 Å². The molecule has 2 nitrogen and oxygen atoms in total. The van der Waals surface area contributed by atoms with E-state index in [0.29, 0.717) is 16.7 Å². The van der Waals surface area contributed by atoms with Crippen LogP contribution in [0.1, 0.15) is 42.3 Å². The van der Waals surface area contributed by atoms with Crippen LogP contribution in [0.5, 0.6) is 0 Å². The maximum Gasteiger partial charge on any atom is 0.417 e. The molecule has 0 saturated carbocycles. The molecule has 0 atom stereocenters. The van der Waals surface area contributed by atoms with Crippen molar-refractivity contribution < 1.29 is 22.7 Å². The van der Waals surface area contributed by atoms with E-state index in [4.69, 9.17) is 4.74 Å². The van der Waals surface area contributed by atoms with Gasteiger partial charge in [-0.3, -0.25) is 0 Å². The number of halogens is 3. The van der Waals surface area contributed by atoms with E-state index in [1.807, 2.05) is 0 Å². The topological polar surface area (TPSA) is 26.3 Å². The molecule has 5 heteroatoms. The summed E-state index contributed by atoms with van der Waals surface area (Å²) in [6.07, 6.45) is -3.28. The summed E-state index contributed by atoms with van der Waals surface area (Å²) in [6, 6.07) is 10.3. The maximum absolute atomic E-state index is 13.1. The van der Waals surface area contributed by atoms with Crippen molar-refractivity contribution in [2.45, 2.75) is 32.5 Å². The molecule has 132 valence electrons. The van der Waals surface area contributed by atoms with Gasteiger partial charge in [0.2, 0.25) is 0 Å². The molecule has 2 rings (SSSR count). The normalized spacial score (nSPS) is 11.9. The van der Waals surface area contributed by atoms with Crippen LogP contribution < -0.4 is 0 Å². The second-order valence-corrected chi connectivity index (χ2v) is 6.58. The number of carbonyl (C=O) groups excluding carboxylic acids is 1. The van der Waals surface area contributed by atoms with Crippen LogP contribution in [-0.2, 0) is 10.9 Å². The number of rotatable bonds is 3. The third kappa shape index (κ3) is 4.72. The molecule has 25 heavy (non-hydrogen) atoms. The Hall–Kier alpha value is -2.56. The molecule has 0 fully saturated rings. The maximum atomic E-state index is 13.1. The Labute approximate surface area is 144 Å². The molecule has 0 aliphatic rings. The molecule has 0 unspecified atom stereocenters. The molecule has 0 aromatic heterocycles. The molecule has 2 aromatic carbocycles. The predicted octanol–water partition coefficient (Wildman–Crippen LogP) is 5.97. The van der Waals surface area contributed by atoms with Crippen LogP contribution in [0.25, 0.3) is 17.2 Å². The fourth-order valence-corrected chi connectivity index (χ4v) is 2.30. The first-order chi connectivity index (χ1) is 11.5. The summed E-state index contributed by atoms with van der Waals surface area (Å²) in [5.41, 5.74) is 0.00935. The summed E-state index contributed by atoms with van der Waals surface area (Å²) >= 11 is 0. The molecule has 0 aliphatic carbocycles. The first-order valence-electron chi connectivity index (χ1n) is 7.69. The summed E-state index contributed by atoms with van der Waals surface area (Å²) in [5, 5.41) is 0. The van der Waals surface area contributed by atoms with Gasteiger partial charge >= 0.3 is 12.1 Å². The van der Waals surface area contributed by atoms with E-state index in [1.165, 1.54) is 24.3 Å². The number of carbonyl (C=O) groups is 1. The van der Waals surface area contributed by atoms with Gasteiger partial charge in [-0.1, -0.05) is 36.9 Å². The van der Waals surface area contributed by atoms with Gasteiger partial charge in [-0.15, -0.1) is 0 Å². The lowest BCUT2D eigenvalue weighted by molar-refractivity contribution is -0.137. The van der Waals surface area contributed by atoms with Gasteiger partial charge in [0.25, 0.3) is 0 Å². The number of ether oxygens (including phenoxy) is 1. The number of esters is 1. The lowest BCUT2D eigenvalue weighted by atomic mass is 9.98. The zero-order valence-corrected chi connectivity index (χ0v) is 14.3. The Morgan fingerprint density at radius 1 is 1.00 bits per heavy atom. The molecule has 0 radical (unpaired) electrons. The number of hydrogen-bond acceptors (Lipinski definition) is 2. The Bertz CT molecular complexity index is 782. The smallest absolute Gasteiger partial charge is 0.417 e. The van der Waals surface area contributed by atoms with Gasteiger partial charge in [0.15, 0.2) is 0 Å². The number of benzene rings is 2. The molecule has 0 saturated heterocycles. The van der Waals surface area contributed by atoms with Gasteiger partial charge < -0.3 is 4.74 Å². The summed E-state index contributed by atoms with van der Waals surface area (Å²) < 4.78 is 44.7. The van der Waals surface area contributed by atoms with E-state index in [0.717, 1.165) is 6.07 Å². The summed E-state index contributed by atoms with van der Waals surface area (Å²) in [4.78, 5) is 12.0. The fraction of sp³-hybridized carbons (Fsp3) is 0.250. The van der Waals surface area contributed by atoms with Crippen molar-refractivity contribution in [3.63, 3.8) is 0 Å². The van der Waals surface area contributed by atoms with Crippen LogP contribution >= 0.6 is 0 Å². The van der Waals surface area contributed by atoms with Crippen LogP contribution in [-0.4, -0.2) is 11.6 Å². The molecule has 0 spiro atoms. The lowest BCUT2D eigenvalue weighted by Gasteiger charge is -2.19. The minimum Gasteiger partial charge on any atom is -0.456 e. The van der Waals surface area contributed by atoms with Crippen molar-refractivity contribution in [1.29, 1.82) is 0 Å². The Morgan fingerprint density at radius 3 is 2.04 bits per heavy atom. The molecule has 0 amide bonds. The summed E-state index contributed by atoms with van der Waals surface area (Å²) in [5.74, 6) is -0.475. The van der Waals surface area contributed by atoms with E-state index in [2.05, 4.69) is 6.58 Å². The van der Waals surface area contributed by atoms with Crippen LogP contribution in [0.2, 0.25) is 0 Å². The highest BCUT2D eigenvalue weighted by Gasteiger charge is 2.33. The van der Waals surface area contributed by atoms with Crippen molar-refractivity contribution in [1.82, 2.24) is 0 Å². The SMILES string of the molecule is C=Cc1ccc(-c2ccc(C(=O)OC(C)(C)C)cc2)cc1C(F)(F)F. The molecule has 0 bridgehead atoms. The van der Waals surface area contributed by atoms with E-state index >= 15 is 0 Å². The van der Waals surface area contributed by atoms with Crippen LogP contribution in [0.3, 0.4) is 0 Å². The van der Waals surface area contributed by atoms with Crippen molar-refractivity contribution in [2.24, 2.45) is 0 Å². The van der Waals surface area contributed by atoms with Crippen molar-refractivity contribution in [2.75, 3.05) is 0 Å². The van der Waals surface area contributed by atoms with Gasteiger partial charge in [-0.25, -0.2) is 4.79 Å². The van der Waals surface area contributed by atoms with Gasteiger partial charge in [0, 0.05) is 0 Å². The van der Waals surface area contributed by atoms with Crippen molar-refractivity contribution >= 4 is 12.0 Å². The van der Waals surface area contributed by atoms with Crippen LogP contribution in [0.4, 0.5) is 13.2 Å². The zero-order valence-electron chi connectivity index (χ0n) is 14.3. The molecule has 0 N–H and O–H groups in total. The second-order valence-electron chi connectivity index (χ2n) is 6.58.